The van der Waals surface area contributed by atoms with E-state index in [0.717, 1.165) is 30.4 Å². The Kier molecular flexibility index (Phi) is 5.07. The predicted octanol–water partition coefficient (Wildman–Crippen LogP) is 2.44. The highest BCUT2D eigenvalue weighted by atomic mass is 32.2. The van der Waals surface area contributed by atoms with E-state index in [1.54, 1.807) is 16.4 Å². The highest BCUT2D eigenvalue weighted by Gasteiger charge is 2.35. The van der Waals surface area contributed by atoms with Gasteiger partial charge in [0, 0.05) is 19.1 Å². The standard InChI is InChI=1S/C16H26N2O2S/c1-4-14-5-6-18(15(10-14)11-17)21(19,20)16-8-12(2)7-13(3)9-16/h7-9,14-15H,4-6,10-11,17H2,1-3H3. The van der Waals surface area contributed by atoms with Crippen LogP contribution in [0.15, 0.2) is 23.1 Å². The SMILES string of the molecule is CCC1CCN(S(=O)(=O)c2cc(C)cc(C)c2)C(CN)C1. The third-order valence-corrected chi connectivity index (χ3v) is 6.35. The van der Waals surface area contributed by atoms with Crippen molar-refractivity contribution in [3.63, 3.8) is 0 Å². The number of piperidine rings is 1. The molecule has 2 unspecified atom stereocenters. The molecule has 1 aromatic carbocycles. The Labute approximate surface area is 128 Å². The summed E-state index contributed by atoms with van der Waals surface area (Å²) >= 11 is 0. The molecule has 0 aromatic heterocycles. The van der Waals surface area contributed by atoms with Gasteiger partial charge in [0.25, 0.3) is 0 Å². The first kappa shape index (κ1) is 16.5. The van der Waals surface area contributed by atoms with Crippen molar-refractivity contribution in [2.75, 3.05) is 13.1 Å². The number of aryl methyl sites for hydroxylation is 2. The molecule has 21 heavy (non-hydrogen) atoms. The third kappa shape index (κ3) is 3.47. The van der Waals surface area contributed by atoms with Gasteiger partial charge in [-0.15, -0.1) is 0 Å². The minimum atomic E-state index is -3.45. The zero-order chi connectivity index (χ0) is 15.6. The summed E-state index contributed by atoms with van der Waals surface area (Å²) in [5.74, 6) is 0.587. The van der Waals surface area contributed by atoms with Crippen LogP contribution in [-0.2, 0) is 10.0 Å². The second kappa shape index (κ2) is 6.46. The Morgan fingerprint density at radius 2 is 1.86 bits per heavy atom. The van der Waals surface area contributed by atoms with E-state index in [-0.39, 0.29) is 6.04 Å². The van der Waals surface area contributed by atoms with Crippen LogP contribution in [-0.4, -0.2) is 31.9 Å². The summed E-state index contributed by atoms with van der Waals surface area (Å²) < 4.78 is 27.5. The molecule has 2 rings (SSSR count). The Hall–Kier alpha value is -0.910. The van der Waals surface area contributed by atoms with E-state index in [2.05, 4.69) is 6.92 Å². The minimum Gasteiger partial charge on any atom is -0.329 e. The summed E-state index contributed by atoms with van der Waals surface area (Å²) in [4.78, 5) is 0.397. The van der Waals surface area contributed by atoms with Gasteiger partial charge in [-0.1, -0.05) is 19.4 Å². The van der Waals surface area contributed by atoms with Gasteiger partial charge in [-0.3, -0.25) is 0 Å². The zero-order valence-electron chi connectivity index (χ0n) is 13.2. The van der Waals surface area contributed by atoms with Gasteiger partial charge in [-0.2, -0.15) is 4.31 Å². The molecule has 5 heteroatoms. The molecule has 4 nitrogen and oxygen atoms in total. The molecule has 0 bridgehead atoms. The largest absolute Gasteiger partial charge is 0.329 e. The van der Waals surface area contributed by atoms with Crippen LogP contribution in [0.4, 0.5) is 0 Å². The van der Waals surface area contributed by atoms with E-state index in [4.69, 9.17) is 5.73 Å². The topological polar surface area (TPSA) is 63.4 Å². The molecule has 118 valence electrons. The summed E-state index contributed by atoms with van der Waals surface area (Å²) in [6.07, 6.45) is 2.89. The van der Waals surface area contributed by atoms with Gasteiger partial charge in [-0.25, -0.2) is 8.42 Å². The maximum absolute atomic E-state index is 12.9. The number of rotatable bonds is 4. The van der Waals surface area contributed by atoms with Crippen molar-refractivity contribution in [1.29, 1.82) is 0 Å². The highest BCUT2D eigenvalue weighted by Crippen LogP contribution is 2.30. The van der Waals surface area contributed by atoms with E-state index in [9.17, 15) is 8.42 Å². The fourth-order valence-electron chi connectivity index (χ4n) is 3.23. The van der Waals surface area contributed by atoms with Gasteiger partial charge >= 0.3 is 0 Å². The lowest BCUT2D eigenvalue weighted by molar-refractivity contribution is 0.197. The summed E-state index contributed by atoms with van der Waals surface area (Å²) in [7, 11) is -3.45. The van der Waals surface area contributed by atoms with Gasteiger partial charge in [0.15, 0.2) is 0 Å². The Bertz CT molecular complexity index is 578. The van der Waals surface area contributed by atoms with Crippen LogP contribution in [0.1, 0.15) is 37.3 Å². The molecule has 1 heterocycles. The monoisotopic (exact) mass is 310 g/mol. The molecule has 1 saturated heterocycles. The van der Waals surface area contributed by atoms with E-state index in [1.807, 2.05) is 19.9 Å². The Morgan fingerprint density at radius 1 is 1.24 bits per heavy atom. The number of nitrogens with two attached hydrogens (primary N) is 1. The van der Waals surface area contributed by atoms with Crippen molar-refractivity contribution in [2.45, 2.75) is 51.0 Å². The highest BCUT2D eigenvalue weighted by molar-refractivity contribution is 7.89. The van der Waals surface area contributed by atoms with Crippen molar-refractivity contribution < 1.29 is 8.42 Å². The number of hydrogen-bond donors (Lipinski definition) is 1. The first-order chi connectivity index (χ1) is 9.88. The van der Waals surface area contributed by atoms with Gasteiger partial charge in [0.1, 0.15) is 0 Å². The van der Waals surface area contributed by atoms with Crippen molar-refractivity contribution >= 4 is 10.0 Å². The van der Waals surface area contributed by atoms with E-state index in [0.29, 0.717) is 23.9 Å². The first-order valence-corrected chi connectivity index (χ1v) is 9.12. The fourth-order valence-corrected chi connectivity index (χ4v) is 5.08. The molecule has 1 aliphatic rings. The third-order valence-electron chi connectivity index (χ3n) is 4.42. The van der Waals surface area contributed by atoms with Crippen molar-refractivity contribution in [3.8, 4) is 0 Å². The quantitative estimate of drug-likeness (QED) is 0.929. The smallest absolute Gasteiger partial charge is 0.243 e. The van der Waals surface area contributed by atoms with Crippen molar-refractivity contribution in [1.82, 2.24) is 4.31 Å². The van der Waals surface area contributed by atoms with Crippen molar-refractivity contribution in [2.24, 2.45) is 11.7 Å². The average Bonchev–Trinajstić information content (AvgIpc) is 2.45. The van der Waals surface area contributed by atoms with Gasteiger partial charge in [0.05, 0.1) is 4.90 Å². The molecule has 0 spiro atoms. The van der Waals surface area contributed by atoms with Crippen LogP contribution < -0.4 is 5.73 Å². The van der Waals surface area contributed by atoms with E-state index >= 15 is 0 Å². The Balaban J connectivity index is 2.34. The Morgan fingerprint density at radius 3 is 2.38 bits per heavy atom. The van der Waals surface area contributed by atoms with Crippen LogP contribution in [0.2, 0.25) is 0 Å². The summed E-state index contributed by atoms with van der Waals surface area (Å²) in [5.41, 5.74) is 7.79. The maximum atomic E-state index is 12.9. The van der Waals surface area contributed by atoms with Gasteiger partial charge in [0.2, 0.25) is 10.0 Å². The zero-order valence-corrected chi connectivity index (χ0v) is 14.0. The van der Waals surface area contributed by atoms with Crippen LogP contribution >= 0.6 is 0 Å². The molecule has 1 aliphatic heterocycles. The summed E-state index contributed by atoms with van der Waals surface area (Å²) in [6.45, 7) is 6.98. The second-order valence-electron chi connectivity index (χ2n) is 6.13. The van der Waals surface area contributed by atoms with E-state index in [1.165, 1.54) is 0 Å². The predicted molar refractivity (Wildman–Crippen MR) is 85.7 cm³/mol. The van der Waals surface area contributed by atoms with Crippen LogP contribution in [0.25, 0.3) is 0 Å². The van der Waals surface area contributed by atoms with Crippen LogP contribution in [0.5, 0.6) is 0 Å². The minimum absolute atomic E-state index is 0.0745. The lowest BCUT2D eigenvalue weighted by Gasteiger charge is -2.37. The molecule has 0 saturated carbocycles. The van der Waals surface area contributed by atoms with E-state index < -0.39 is 10.0 Å². The fraction of sp³-hybridized carbons (Fsp3) is 0.625. The van der Waals surface area contributed by atoms with Crippen molar-refractivity contribution in [3.05, 3.63) is 29.3 Å². The number of benzene rings is 1. The molecule has 2 N–H and O–H groups in total. The average molecular weight is 310 g/mol. The van der Waals surface area contributed by atoms with Crippen LogP contribution in [0.3, 0.4) is 0 Å². The molecule has 1 fully saturated rings. The molecule has 0 amide bonds. The summed E-state index contributed by atoms with van der Waals surface area (Å²) in [6, 6.07) is 5.42. The van der Waals surface area contributed by atoms with Gasteiger partial charge < -0.3 is 5.73 Å². The molecular formula is C16H26N2O2S. The molecule has 2 atom stereocenters. The number of nitrogens with zero attached hydrogens (tertiary/aromatic N) is 1. The molecule has 0 aliphatic carbocycles. The number of sulfonamides is 1. The first-order valence-electron chi connectivity index (χ1n) is 7.68. The second-order valence-corrected chi connectivity index (χ2v) is 8.02. The molecule has 0 radical (unpaired) electrons. The lowest BCUT2D eigenvalue weighted by atomic mass is 9.90. The lowest BCUT2D eigenvalue weighted by Crippen LogP contribution is -2.49. The molecular weight excluding hydrogens is 284 g/mol. The van der Waals surface area contributed by atoms with Gasteiger partial charge in [-0.05, 0) is 55.9 Å². The number of hydrogen-bond acceptors (Lipinski definition) is 3. The summed E-state index contributed by atoms with van der Waals surface area (Å²) in [5, 5.41) is 0. The molecule has 1 aromatic rings. The normalized spacial score (nSPS) is 24.2. The maximum Gasteiger partial charge on any atom is 0.243 e. The van der Waals surface area contributed by atoms with Crippen LogP contribution in [0, 0.1) is 19.8 Å².